The number of hydrogen-bond donors (Lipinski definition) is 2. The first-order chi connectivity index (χ1) is 13.0. The molecule has 0 radical (unpaired) electrons. The van der Waals surface area contributed by atoms with Crippen LogP contribution in [0.1, 0.15) is 47.0 Å². The van der Waals surface area contributed by atoms with Crippen molar-refractivity contribution >= 4 is 68.5 Å². The summed E-state index contributed by atoms with van der Waals surface area (Å²) in [5, 5.41) is 8.34. The molecule has 0 spiro atoms. The van der Waals surface area contributed by atoms with Gasteiger partial charge in [0.15, 0.2) is 5.11 Å². The van der Waals surface area contributed by atoms with E-state index in [-0.39, 0.29) is 5.97 Å². The van der Waals surface area contributed by atoms with Gasteiger partial charge in [-0.3, -0.25) is 0 Å². The molecule has 1 heterocycles. The van der Waals surface area contributed by atoms with Crippen LogP contribution in [-0.4, -0.2) is 17.7 Å². The molecule has 8 heteroatoms. The molecule has 1 aliphatic rings. The van der Waals surface area contributed by atoms with Crippen LogP contribution in [0.2, 0.25) is 10.0 Å². The molecule has 0 saturated heterocycles. The third kappa shape index (κ3) is 4.93. The molecule has 0 amide bonds. The average molecular weight is 443 g/mol. The van der Waals surface area contributed by atoms with Crippen LogP contribution in [0.25, 0.3) is 0 Å². The Hall–Kier alpha value is -1.34. The van der Waals surface area contributed by atoms with Gasteiger partial charge < -0.3 is 15.4 Å². The lowest BCUT2D eigenvalue weighted by atomic mass is 10.1. The van der Waals surface area contributed by atoms with Crippen molar-refractivity contribution in [2.24, 2.45) is 0 Å². The van der Waals surface area contributed by atoms with Crippen LogP contribution in [0.15, 0.2) is 18.2 Å². The highest BCUT2D eigenvalue weighted by atomic mass is 35.5. The Morgan fingerprint density at radius 2 is 2.00 bits per heavy atom. The predicted molar refractivity (Wildman–Crippen MR) is 118 cm³/mol. The van der Waals surface area contributed by atoms with Crippen LogP contribution in [0.5, 0.6) is 0 Å². The van der Waals surface area contributed by atoms with Crippen molar-refractivity contribution in [2.75, 3.05) is 17.2 Å². The number of rotatable bonds is 4. The zero-order valence-electron chi connectivity index (χ0n) is 14.9. The summed E-state index contributed by atoms with van der Waals surface area (Å²) in [5.41, 5.74) is 2.37. The van der Waals surface area contributed by atoms with Gasteiger partial charge in [0, 0.05) is 9.90 Å². The number of thiophene rings is 1. The Morgan fingerprint density at radius 1 is 1.22 bits per heavy atom. The maximum absolute atomic E-state index is 12.6. The normalized spacial score (nSPS) is 13.4. The number of hydrogen-bond acceptors (Lipinski definition) is 4. The maximum atomic E-state index is 12.6. The van der Waals surface area contributed by atoms with Gasteiger partial charge >= 0.3 is 5.97 Å². The van der Waals surface area contributed by atoms with Crippen molar-refractivity contribution < 1.29 is 9.53 Å². The van der Waals surface area contributed by atoms with Crippen molar-refractivity contribution in [3.05, 3.63) is 44.2 Å². The van der Waals surface area contributed by atoms with E-state index in [4.69, 9.17) is 40.2 Å². The molecule has 0 unspecified atom stereocenters. The Balaban J connectivity index is 1.84. The number of carbonyl (C=O) groups is 1. The van der Waals surface area contributed by atoms with E-state index in [9.17, 15) is 4.79 Å². The molecule has 0 saturated carbocycles. The highest BCUT2D eigenvalue weighted by molar-refractivity contribution is 7.80. The molecular weight excluding hydrogens is 423 g/mol. The monoisotopic (exact) mass is 442 g/mol. The highest BCUT2D eigenvalue weighted by Gasteiger charge is 2.26. The van der Waals surface area contributed by atoms with Crippen molar-refractivity contribution in [3.63, 3.8) is 0 Å². The predicted octanol–water partition coefficient (Wildman–Crippen LogP) is 6.31. The van der Waals surface area contributed by atoms with Gasteiger partial charge in [-0.25, -0.2) is 4.79 Å². The number of thiocarbonyl (C=S) groups is 1. The summed E-state index contributed by atoms with van der Waals surface area (Å²) in [5.74, 6) is -0.299. The molecule has 1 aliphatic carbocycles. The zero-order chi connectivity index (χ0) is 19.4. The molecule has 0 aliphatic heterocycles. The van der Waals surface area contributed by atoms with Gasteiger partial charge in [-0.15, -0.1) is 11.3 Å². The van der Waals surface area contributed by atoms with Crippen molar-refractivity contribution in [1.82, 2.24) is 0 Å². The third-order valence-corrected chi connectivity index (χ3v) is 6.27. The number of carbonyl (C=O) groups excluding carboxylic acids is 1. The molecular formula is C19H20Cl2N2O2S2. The van der Waals surface area contributed by atoms with E-state index in [0.717, 1.165) is 36.2 Å². The van der Waals surface area contributed by atoms with Crippen molar-refractivity contribution in [3.8, 4) is 0 Å². The Kier molecular flexibility index (Phi) is 6.98. The number of anilines is 2. The molecule has 27 heavy (non-hydrogen) atoms. The molecule has 4 nitrogen and oxygen atoms in total. The van der Waals surface area contributed by atoms with E-state index < -0.39 is 0 Å². The van der Waals surface area contributed by atoms with E-state index >= 15 is 0 Å². The van der Waals surface area contributed by atoms with Crippen LogP contribution < -0.4 is 10.6 Å². The lowest BCUT2D eigenvalue weighted by Crippen LogP contribution is -2.20. The smallest absolute Gasteiger partial charge is 0.341 e. The summed E-state index contributed by atoms with van der Waals surface area (Å²) < 4.78 is 5.29. The number of esters is 1. The summed E-state index contributed by atoms with van der Waals surface area (Å²) >= 11 is 19.1. The second-order valence-corrected chi connectivity index (χ2v) is 8.55. The van der Waals surface area contributed by atoms with Gasteiger partial charge in [0.1, 0.15) is 5.00 Å². The number of benzene rings is 1. The van der Waals surface area contributed by atoms with Crippen LogP contribution in [-0.2, 0) is 17.6 Å². The number of fused-ring (bicyclic) bond motifs is 1. The topological polar surface area (TPSA) is 50.4 Å². The van der Waals surface area contributed by atoms with Gasteiger partial charge in [0.2, 0.25) is 0 Å². The lowest BCUT2D eigenvalue weighted by Gasteiger charge is -2.12. The first-order valence-corrected chi connectivity index (χ1v) is 10.8. The first kappa shape index (κ1) is 20.4. The van der Waals surface area contributed by atoms with E-state index in [2.05, 4.69) is 10.6 Å². The van der Waals surface area contributed by atoms with Crippen LogP contribution in [0.4, 0.5) is 10.7 Å². The molecule has 2 N–H and O–H groups in total. The highest BCUT2D eigenvalue weighted by Crippen LogP contribution is 2.38. The van der Waals surface area contributed by atoms with Crippen LogP contribution in [0, 0.1) is 0 Å². The molecule has 1 aromatic carbocycles. The van der Waals surface area contributed by atoms with E-state index in [1.54, 1.807) is 29.5 Å². The Morgan fingerprint density at radius 3 is 2.74 bits per heavy atom. The second-order valence-electron chi connectivity index (χ2n) is 6.19. The number of aryl methyl sites for hydroxylation is 1. The number of nitrogens with one attached hydrogen (secondary N) is 2. The van der Waals surface area contributed by atoms with E-state index in [0.29, 0.717) is 33.0 Å². The summed E-state index contributed by atoms with van der Waals surface area (Å²) in [6, 6.07) is 5.13. The van der Waals surface area contributed by atoms with Gasteiger partial charge in [-0.2, -0.15) is 0 Å². The molecule has 0 bridgehead atoms. The maximum Gasteiger partial charge on any atom is 0.341 e. The molecule has 144 valence electrons. The van der Waals surface area contributed by atoms with Crippen molar-refractivity contribution in [2.45, 2.75) is 39.0 Å². The largest absolute Gasteiger partial charge is 0.462 e. The SMILES string of the molecule is CCOC(=O)c1c(NC(=S)Nc2ccc(Cl)cc2Cl)sc2c1CCCCC2. The Labute approximate surface area is 178 Å². The molecule has 3 rings (SSSR count). The molecule has 0 atom stereocenters. The average Bonchev–Trinajstić information content (AvgIpc) is 2.78. The standard InChI is InChI=1S/C19H20Cl2N2O2S2/c1-2-25-18(24)16-12-6-4-3-5-7-15(12)27-17(16)23-19(26)22-14-9-8-11(20)10-13(14)21/h8-10H,2-7H2,1H3,(H2,22,23,26). The third-order valence-electron chi connectivity index (χ3n) is 4.31. The first-order valence-electron chi connectivity index (χ1n) is 8.84. The van der Waals surface area contributed by atoms with Crippen LogP contribution >= 0.6 is 46.8 Å². The zero-order valence-corrected chi connectivity index (χ0v) is 18.0. The van der Waals surface area contributed by atoms with Gasteiger partial charge in [-0.05, 0) is 68.6 Å². The van der Waals surface area contributed by atoms with Crippen LogP contribution in [0.3, 0.4) is 0 Å². The van der Waals surface area contributed by atoms with Gasteiger partial charge in [0.05, 0.1) is 22.9 Å². The molecule has 1 aromatic heterocycles. The fourth-order valence-electron chi connectivity index (χ4n) is 3.10. The summed E-state index contributed by atoms with van der Waals surface area (Å²) in [4.78, 5) is 13.8. The molecule has 2 aromatic rings. The fraction of sp³-hybridized carbons (Fsp3) is 0.368. The summed E-state index contributed by atoms with van der Waals surface area (Å²) in [7, 11) is 0. The summed E-state index contributed by atoms with van der Waals surface area (Å²) in [6.07, 6.45) is 5.28. The second kappa shape index (κ2) is 9.24. The van der Waals surface area contributed by atoms with E-state index in [1.165, 1.54) is 11.3 Å². The minimum absolute atomic E-state index is 0.299. The minimum atomic E-state index is -0.299. The van der Waals surface area contributed by atoms with Crippen molar-refractivity contribution in [1.29, 1.82) is 0 Å². The Bertz CT molecular complexity index is 868. The number of ether oxygens (including phenoxy) is 1. The number of halogens is 2. The fourth-order valence-corrected chi connectivity index (χ4v) is 5.11. The lowest BCUT2D eigenvalue weighted by molar-refractivity contribution is 0.0527. The summed E-state index contributed by atoms with van der Waals surface area (Å²) in [6.45, 7) is 2.15. The van der Waals surface area contributed by atoms with Gasteiger partial charge in [0.25, 0.3) is 0 Å². The quantitative estimate of drug-likeness (QED) is 0.330. The van der Waals surface area contributed by atoms with Gasteiger partial charge in [-0.1, -0.05) is 29.6 Å². The minimum Gasteiger partial charge on any atom is -0.462 e. The molecule has 0 fully saturated rings. The van der Waals surface area contributed by atoms with E-state index in [1.807, 2.05) is 6.92 Å².